The summed E-state index contributed by atoms with van der Waals surface area (Å²) in [5.74, 6) is 0.992. The summed E-state index contributed by atoms with van der Waals surface area (Å²) in [5, 5.41) is 3.37. The van der Waals surface area contributed by atoms with Gasteiger partial charge in [0, 0.05) is 6.54 Å². The maximum Gasteiger partial charge on any atom is 0.119 e. The van der Waals surface area contributed by atoms with E-state index >= 15 is 0 Å². The summed E-state index contributed by atoms with van der Waals surface area (Å²) in [7, 11) is 0. The highest BCUT2D eigenvalue weighted by molar-refractivity contribution is 5.31. The third-order valence-corrected chi connectivity index (χ3v) is 3.27. The lowest BCUT2D eigenvalue weighted by Gasteiger charge is -2.24. The number of ether oxygens (including phenoxy) is 1. The van der Waals surface area contributed by atoms with Crippen molar-refractivity contribution in [2.24, 2.45) is 0 Å². The van der Waals surface area contributed by atoms with Crippen molar-refractivity contribution in [1.82, 2.24) is 5.32 Å². The molecule has 1 aliphatic heterocycles. The molecule has 1 fully saturated rings. The summed E-state index contributed by atoms with van der Waals surface area (Å²) in [4.78, 5) is 0. The van der Waals surface area contributed by atoms with Crippen LogP contribution in [0.15, 0.2) is 24.3 Å². The number of piperidine rings is 1. The Morgan fingerprint density at radius 3 is 2.41 bits per heavy atom. The molecule has 0 radical (unpaired) electrons. The number of hydrogen-bond donors (Lipinski definition) is 1. The maximum atomic E-state index is 5.96. The van der Waals surface area contributed by atoms with Crippen LogP contribution in [-0.4, -0.2) is 19.2 Å². The number of benzene rings is 1. The van der Waals surface area contributed by atoms with E-state index in [2.05, 4.69) is 50.4 Å². The van der Waals surface area contributed by atoms with E-state index in [4.69, 9.17) is 4.74 Å². The summed E-state index contributed by atoms with van der Waals surface area (Å²) in [6.45, 7) is 8.79. The summed E-state index contributed by atoms with van der Waals surface area (Å²) in [6, 6.07) is 8.53. The third kappa shape index (κ3) is 3.47. The van der Waals surface area contributed by atoms with Gasteiger partial charge in [-0.25, -0.2) is 0 Å². The summed E-state index contributed by atoms with van der Waals surface area (Å²) in [6.07, 6.45) is 2.71. The Bertz CT molecular complexity index is 344. The van der Waals surface area contributed by atoms with E-state index in [1.165, 1.54) is 12.0 Å². The molecule has 0 aliphatic carbocycles. The van der Waals surface area contributed by atoms with Crippen molar-refractivity contribution in [3.8, 4) is 5.75 Å². The highest BCUT2D eigenvalue weighted by atomic mass is 16.5. The van der Waals surface area contributed by atoms with Crippen LogP contribution in [0.1, 0.15) is 39.2 Å². The van der Waals surface area contributed by atoms with Crippen molar-refractivity contribution in [1.29, 1.82) is 0 Å². The fraction of sp³-hybridized carbons (Fsp3) is 0.600. The first kappa shape index (κ1) is 12.4. The van der Waals surface area contributed by atoms with Gasteiger partial charge in [0.15, 0.2) is 0 Å². The largest absolute Gasteiger partial charge is 0.489 e. The zero-order valence-corrected chi connectivity index (χ0v) is 11.1. The molecule has 1 aromatic rings. The first-order valence-corrected chi connectivity index (χ1v) is 6.53. The number of hydrogen-bond acceptors (Lipinski definition) is 2. The molecule has 0 spiro atoms. The minimum atomic E-state index is 0.213. The Morgan fingerprint density at radius 1 is 1.18 bits per heavy atom. The monoisotopic (exact) mass is 233 g/mol. The molecule has 94 valence electrons. The van der Waals surface area contributed by atoms with Crippen molar-refractivity contribution >= 4 is 0 Å². The second-order valence-corrected chi connectivity index (χ2v) is 5.86. The molecule has 0 bridgehead atoms. The Balaban J connectivity index is 1.98. The Labute approximate surface area is 104 Å². The van der Waals surface area contributed by atoms with Crippen molar-refractivity contribution in [3.05, 3.63) is 29.8 Å². The molecule has 0 amide bonds. The van der Waals surface area contributed by atoms with E-state index in [0.717, 1.165) is 25.3 Å². The Hall–Kier alpha value is -1.02. The molecule has 1 unspecified atom stereocenters. The average Bonchev–Trinajstić information content (AvgIpc) is 2.30. The van der Waals surface area contributed by atoms with Crippen LogP contribution >= 0.6 is 0 Å². The molecule has 2 rings (SSSR count). The molecule has 1 aromatic carbocycles. The molecular formula is C15H23NO. The Morgan fingerprint density at radius 2 is 1.88 bits per heavy atom. The number of rotatable bonds is 2. The molecule has 1 aliphatic rings. The fourth-order valence-electron chi connectivity index (χ4n) is 2.15. The van der Waals surface area contributed by atoms with E-state index in [1.807, 2.05) is 0 Å². The van der Waals surface area contributed by atoms with Crippen LogP contribution < -0.4 is 10.1 Å². The molecule has 17 heavy (non-hydrogen) atoms. The highest BCUT2D eigenvalue weighted by Gasteiger charge is 2.16. The normalized spacial score (nSPS) is 21.2. The van der Waals surface area contributed by atoms with Crippen LogP contribution in [0.3, 0.4) is 0 Å². The van der Waals surface area contributed by atoms with Crippen LogP contribution in [0.4, 0.5) is 0 Å². The number of nitrogens with one attached hydrogen (secondary N) is 1. The van der Waals surface area contributed by atoms with E-state index in [-0.39, 0.29) is 5.41 Å². The van der Waals surface area contributed by atoms with Crippen molar-refractivity contribution < 1.29 is 4.74 Å². The van der Waals surface area contributed by atoms with Crippen molar-refractivity contribution in [2.45, 2.75) is 45.1 Å². The van der Waals surface area contributed by atoms with Crippen LogP contribution in [0.2, 0.25) is 0 Å². The lowest BCUT2D eigenvalue weighted by atomic mass is 9.87. The van der Waals surface area contributed by atoms with Gasteiger partial charge in [-0.2, -0.15) is 0 Å². The maximum absolute atomic E-state index is 5.96. The molecule has 1 N–H and O–H groups in total. The summed E-state index contributed by atoms with van der Waals surface area (Å²) < 4.78 is 5.96. The van der Waals surface area contributed by atoms with Gasteiger partial charge in [0.25, 0.3) is 0 Å². The van der Waals surface area contributed by atoms with Crippen LogP contribution in [0.5, 0.6) is 5.75 Å². The lowest BCUT2D eigenvalue weighted by Crippen LogP contribution is -2.37. The van der Waals surface area contributed by atoms with E-state index in [9.17, 15) is 0 Å². The van der Waals surface area contributed by atoms with Gasteiger partial charge in [-0.1, -0.05) is 32.9 Å². The lowest BCUT2D eigenvalue weighted by molar-refractivity contribution is 0.167. The quantitative estimate of drug-likeness (QED) is 0.847. The minimum absolute atomic E-state index is 0.213. The molecule has 0 saturated carbocycles. The molecule has 0 aromatic heterocycles. The Kier molecular flexibility index (Phi) is 3.72. The van der Waals surface area contributed by atoms with Crippen LogP contribution in [0, 0.1) is 0 Å². The van der Waals surface area contributed by atoms with Gasteiger partial charge < -0.3 is 10.1 Å². The predicted molar refractivity (Wildman–Crippen MR) is 71.7 cm³/mol. The van der Waals surface area contributed by atoms with E-state index < -0.39 is 0 Å². The van der Waals surface area contributed by atoms with Crippen LogP contribution in [-0.2, 0) is 5.41 Å². The SMILES string of the molecule is CC(C)(C)c1ccc(OC2CCCNC2)cc1. The smallest absolute Gasteiger partial charge is 0.119 e. The molecule has 2 nitrogen and oxygen atoms in total. The van der Waals surface area contributed by atoms with Crippen molar-refractivity contribution in [2.75, 3.05) is 13.1 Å². The highest BCUT2D eigenvalue weighted by Crippen LogP contribution is 2.25. The van der Waals surface area contributed by atoms with E-state index in [1.54, 1.807) is 0 Å². The molecular weight excluding hydrogens is 210 g/mol. The van der Waals surface area contributed by atoms with Gasteiger partial charge in [-0.3, -0.25) is 0 Å². The van der Waals surface area contributed by atoms with Gasteiger partial charge in [0.05, 0.1) is 0 Å². The third-order valence-electron chi connectivity index (χ3n) is 3.27. The topological polar surface area (TPSA) is 21.3 Å². The first-order chi connectivity index (χ1) is 8.05. The van der Waals surface area contributed by atoms with Gasteiger partial charge in [0.2, 0.25) is 0 Å². The fourth-order valence-corrected chi connectivity index (χ4v) is 2.15. The molecule has 2 heteroatoms. The zero-order valence-electron chi connectivity index (χ0n) is 11.1. The van der Waals surface area contributed by atoms with Crippen LogP contribution in [0.25, 0.3) is 0 Å². The minimum Gasteiger partial charge on any atom is -0.489 e. The van der Waals surface area contributed by atoms with Gasteiger partial charge >= 0.3 is 0 Å². The first-order valence-electron chi connectivity index (χ1n) is 6.53. The predicted octanol–water partition coefficient (Wildman–Crippen LogP) is 3.11. The standard InChI is InChI=1S/C15H23NO/c1-15(2,3)12-6-8-13(9-7-12)17-14-5-4-10-16-11-14/h6-9,14,16H,4-5,10-11H2,1-3H3. The van der Waals surface area contributed by atoms with Crippen molar-refractivity contribution in [3.63, 3.8) is 0 Å². The van der Waals surface area contributed by atoms with Gasteiger partial charge in [0.1, 0.15) is 11.9 Å². The molecule has 1 saturated heterocycles. The zero-order chi connectivity index (χ0) is 12.3. The molecule has 1 heterocycles. The summed E-state index contributed by atoms with van der Waals surface area (Å²) >= 11 is 0. The second kappa shape index (κ2) is 5.09. The molecule has 1 atom stereocenters. The van der Waals surface area contributed by atoms with Gasteiger partial charge in [-0.05, 0) is 42.5 Å². The second-order valence-electron chi connectivity index (χ2n) is 5.86. The average molecular weight is 233 g/mol. The summed E-state index contributed by atoms with van der Waals surface area (Å²) in [5.41, 5.74) is 1.57. The van der Waals surface area contributed by atoms with Gasteiger partial charge in [-0.15, -0.1) is 0 Å². The van der Waals surface area contributed by atoms with E-state index in [0.29, 0.717) is 6.10 Å².